The number of anilines is 2. The molecule has 0 aliphatic heterocycles. The first kappa shape index (κ1) is 47.9. The number of nitrogens with zero attached hydrogens (tertiary/aromatic N) is 4. The van der Waals surface area contributed by atoms with Crippen LogP contribution in [0.15, 0.2) is 170 Å². The van der Waals surface area contributed by atoms with Crippen LogP contribution in [0, 0.1) is 0 Å². The summed E-state index contributed by atoms with van der Waals surface area (Å²) in [6, 6.07) is 51.6. The van der Waals surface area contributed by atoms with E-state index in [9.17, 15) is 0 Å². The van der Waals surface area contributed by atoms with E-state index in [1.807, 2.05) is 127 Å². The molecule has 2 aromatic heterocycles. The lowest BCUT2D eigenvalue weighted by molar-refractivity contribution is -0.0000140. The summed E-state index contributed by atoms with van der Waals surface area (Å²) in [5, 5.41) is 3.45. The number of nitrogens with two attached hydrogens (primary N) is 1. The highest BCUT2D eigenvalue weighted by atomic mass is 35.5. The Morgan fingerprint density at radius 1 is 0.484 bits per heavy atom. The molecule has 3 N–H and O–H groups in total. The monoisotopic (exact) mass is 893 g/mol. The van der Waals surface area contributed by atoms with E-state index in [1.165, 1.54) is 0 Å². The predicted octanol–water partition coefficient (Wildman–Crippen LogP) is 8.13. The molecule has 12 heteroatoms. The Labute approximate surface area is 386 Å². The Kier molecular flexibility index (Phi) is 18.8. The van der Waals surface area contributed by atoms with Gasteiger partial charge in [-0.25, -0.2) is 19.9 Å². The van der Waals surface area contributed by atoms with Gasteiger partial charge in [-0.05, 0) is 90.0 Å². The number of alkyl halides is 1. The highest BCUT2D eigenvalue weighted by Crippen LogP contribution is 2.31. The molecule has 0 radical (unpaired) electrons. The molecule has 0 amide bonds. The lowest BCUT2D eigenvalue weighted by Crippen LogP contribution is -3.00. The number of methoxy groups -OCH3 is 4. The van der Waals surface area contributed by atoms with E-state index >= 15 is 0 Å². The average molecular weight is 895 g/mol. The zero-order chi connectivity index (χ0) is 44.2. The first-order valence-corrected chi connectivity index (χ1v) is 20.8. The smallest absolute Gasteiger partial charge is 0.128 e. The van der Waals surface area contributed by atoms with E-state index in [4.69, 9.17) is 36.3 Å². The molecule has 6 aromatic carbocycles. The molecule has 0 aliphatic carbocycles. The maximum absolute atomic E-state index is 6.00. The molecule has 0 spiro atoms. The molecule has 328 valence electrons. The van der Waals surface area contributed by atoms with Gasteiger partial charge in [-0.15, -0.1) is 11.6 Å². The van der Waals surface area contributed by atoms with Gasteiger partial charge in [0.2, 0.25) is 0 Å². The maximum atomic E-state index is 6.00. The quantitative estimate of drug-likeness (QED) is 0.0817. The molecule has 8 rings (SSSR count). The van der Waals surface area contributed by atoms with Gasteiger partial charge in [-0.2, -0.15) is 0 Å². The number of hydrogen-bond donors (Lipinski definition) is 2. The Morgan fingerprint density at radius 3 is 1.38 bits per heavy atom. The topological polar surface area (TPSA) is 127 Å². The van der Waals surface area contributed by atoms with Crippen molar-refractivity contribution in [1.82, 2.24) is 19.9 Å². The van der Waals surface area contributed by atoms with Gasteiger partial charge in [0, 0.05) is 64.4 Å². The molecular weight excluding hydrogens is 844 g/mol. The van der Waals surface area contributed by atoms with E-state index in [0.717, 1.165) is 90.5 Å². The summed E-state index contributed by atoms with van der Waals surface area (Å²) in [6.45, 7) is 0.678. The van der Waals surface area contributed by atoms with Crippen molar-refractivity contribution in [2.45, 2.75) is 25.3 Å². The van der Waals surface area contributed by atoms with Crippen molar-refractivity contribution in [2.75, 3.05) is 39.5 Å². The molecule has 0 atom stereocenters. The van der Waals surface area contributed by atoms with Crippen LogP contribution in [0.1, 0.15) is 33.6 Å². The van der Waals surface area contributed by atoms with Crippen LogP contribution in [0.25, 0.3) is 22.5 Å². The lowest BCUT2D eigenvalue weighted by Gasteiger charge is -2.13. The number of para-hydroxylation sites is 4. The minimum atomic E-state index is 0. The van der Waals surface area contributed by atoms with Gasteiger partial charge >= 0.3 is 0 Å². The van der Waals surface area contributed by atoms with Crippen molar-refractivity contribution in [1.29, 1.82) is 0 Å². The van der Waals surface area contributed by atoms with Crippen molar-refractivity contribution in [3.05, 3.63) is 204 Å². The molecular formula is C52H51Cl2N6O4-. The number of hydrogen-bond acceptors (Lipinski definition) is 10. The van der Waals surface area contributed by atoms with Crippen LogP contribution < -0.4 is 42.4 Å². The van der Waals surface area contributed by atoms with Crippen molar-refractivity contribution in [3.8, 4) is 45.5 Å². The van der Waals surface area contributed by atoms with Gasteiger partial charge in [0.1, 0.15) is 35.7 Å². The van der Waals surface area contributed by atoms with Crippen LogP contribution in [0.4, 0.5) is 11.4 Å². The second kappa shape index (κ2) is 25.1. The molecule has 0 fully saturated rings. The first-order valence-electron chi connectivity index (χ1n) is 20.3. The summed E-state index contributed by atoms with van der Waals surface area (Å²) in [5.41, 5.74) is 17.1. The zero-order valence-corrected chi connectivity index (χ0v) is 37.8. The SMILES string of the molecule is COc1ccc(Cc2cc(-c3ccccc3OC)ncn2)cc1CCl.COc1ccc(Cc2cc(-c3ccccc3OC)ncn2)cc1CNc1ccccc1.Nc1ccccc1.[Cl-]. The summed E-state index contributed by atoms with van der Waals surface area (Å²) in [5.74, 6) is 3.67. The lowest BCUT2D eigenvalue weighted by atomic mass is 10.0. The number of nitrogens with one attached hydrogen (secondary N) is 1. The van der Waals surface area contributed by atoms with Crippen LogP contribution in [-0.2, 0) is 25.3 Å². The van der Waals surface area contributed by atoms with Crippen LogP contribution in [0.2, 0.25) is 0 Å². The fourth-order valence-electron chi connectivity index (χ4n) is 6.75. The van der Waals surface area contributed by atoms with Crippen molar-refractivity contribution in [2.24, 2.45) is 0 Å². The Morgan fingerprint density at radius 2 is 0.922 bits per heavy atom. The molecule has 0 unspecified atom stereocenters. The van der Waals surface area contributed by atoms with Gasteiger partial charge in [0.05, 0.1) is 45.7 Å². The molecule has 0 bridgehead atoms. The fraction of sp³-hybridized carbons (Fsp3) is 0.154. The molecule has 10 nitrogen and oxygen atoms in total. The highest BCUT2D eigenvalue weighted by Gasteiger charge is 2.12. The number of benzene rings is 6. The Hall–Kier alpha value is -7.14. The third-order valence-electron chi connectivity index (χ3n) is 9.87. The number of halogens is 2. The summed E-state index contributed by atoms with van der Waals surface area (Å²) < 4.78 is 21.8. The van der Waals surface area contributed by atoms with Gasteiger partial charge in [-0.3, -0.25) is 0 Å². The van der Waals surface area contributed by atoms with Crippen LogP contribution in [0.5, 0.6) is 23.0 Å². The first-order chi connectivity index (χ1) is 30.9. The minimum absolute atomic E-state index is 0. The van der Waals surface area contributed by atoms with Crippen LogP contribution in [0.3, 0.4) is 0 Å². The molecule has 0 saturated carbocycles. The predicted molar refractivity (Wildman–Crippen MR) is 254 cm³/mol. The van der Waals surface area contributed by atoms with Crippen molar-refractivity contribution >= 4 is 23.0 Å². The zero-order valence-electron chi connectivity index (χ0n) is 36.2. The summed E-state index contributed by atoms with van der Waals surface area (Å²) in [4.78, 5) is 17.7. The van der Waals surface area contributed by atoms with Gasteiger partial charge in [-0.1, -0.05) is 78.9 Å². The van der Waals surface area contributed by atoms with E-state index < -0.39 is 0 Å². The average Bonchev–Trinajstić information content (AvgIpc) is 3.34. The molecule has 0 aliphatic rings. The normalized spacial score (nSPS) is 10.1. The molecule has 8 aromatic rings. The maximum Gasteiger partial charge on any atom is 0.128 e. The molecule has 64 heavy (non-hydrogen) atoms. The summed E-state index contributed by atoms with van der Waals surface area (Å²) in [7, 11) is 6.68. The molecule has 2 heterocycles. The van der Waals surface area contributed by atoms with Crippen LogP contribution >= 0.6 is 11.6 Å². The van der Waals surface area contributed by atoms with E-state index in [2.05, 4.69) is 55.6 Å². The third-order valence-corrected chi connectivity index (χ3v) is 10.2. The van der Waals surface area contributed by atoms with Crippen molar-refractivity contribution in [3.63, 3.8) is 0 Å². The fourth-order valence-corrected chi connectivity index (χ4v) is 6.96. The highest BCUT2D eigenvalue weighted by molar-refractivity contribution is 6.17. The van der Waals surface area contributed by atoms with Gasteiger partial charge in [0.25, 0.3) is 0 Å². The number of nitrogen functional groups attached to an aromatic ring is 1. The second-order valence-corrected chi connectivity index (χ2v) is 14.4. The summed E-state index contributed by atoms with van der Waals surface area (Å²) in [6.07, 6.45) is 4.59. The van der Waals surface area contributed by atoms with E-state index in [1.54, 1.807) is 41.1 Å². The van der Waals surface area contributed by atoms with Gasteiger partial charge < -0.3 is 42.4 Å². The van der Waals surface area contributed by atoms with Gasteiger partial charge in [0.15, 0.2) is 0 Å². The van der Waals surface area contributed by atoms with E-state index in [-0.39, 0.29) is 12.4 Å². The Bertz CT molecular complexity index is 2660. The largest absolute Gasteiger partial charge is 1.00 e. The number of ether oxygens (including phenoxy) is 4. The second-order valence-electron chi connectivity index (χ2n) is 14.1. The standard InChI is InChI=1S/C26H25N3O2.C20H19ClN2O2.C6H7N.ClH/c1-30-25-13-12-19(14-20(25)17-27-21-8-4-3-5-9-21)15-22-16-24(29-18-28-22)23-10-6-7-11-26(23)31-2;1-24-19-8-7-14(9-15(19)12-21)10-16-11-18(23-13-22-16)17-5-3-4-6-20(17)25-2;7-6-4-2-1-3-5-6;/h3-14,16,18,27H,15,17H2,1-2H3;3-9,11,13H,10,12H2,1-2H3;1-5H,7H2;1H/p-1. The Balaban J connectivity index is 0.000000209. The van der Waals surface area contributed by atoms with Crippen LogP contribution in [-0.4, -0.2) is 48.4 Å². The third kappa shape index (κ3) is 13.7. The van der Waals surface area contributed by atoms with E-state index in [0.29, 0.717) is 25.3 Å². The summed E-state index contributed by atoms with van der Waals surface area (Å²) >= 11 is 6.00. The number of aromatic nitrogens is 4. The number of rotatable bonds is 14. The molecule has 0 saturated heterocycles. The van der Waals surface area contributed by atoms with Crippen molar-refractivity contribution < 1.29 is 31.4 Å². The minimum Gasteiger partial charge on any atom is -1.00 e.